The number of aryl methyl sites for hydroxylation is 2. The molecule has 20 heavy (non-hydrogen) atoms. The smallest absolute Gasteiger partial charge is 0.311 e. The van der Waals surface area contributed by atoms with Crippen LogP contribution in [0.15, 0.2) is 0 Å². The van der Waals surface area contributed by atoms with Crippen LogP contribution in [0.3, 0.4) is 0 Å². The highest BCUT2D eigenvalue weighted by atomic mass is 16.5. The summed E-state index contributed by atoms with van der Waals surface area (Å²) in [6.07, 6.45) is 0. The van der Waals surface area contributed by atoms with E-state index in [1.54, 1.807) is 25.7 Å². The van der Waals surface area contributed by atoms with Gasteiger partial charge in [-0.3, -0.25) is 14.3 Å². The second kappa shape index (κ2) is 5.24. The van der Waals surface area contributed by atoms with Crippen LogP contribution in [-0.2, 0) is 16.6 Å². The summed E-state index contributed by atoms with van der Waals surface area (Å²) >= 11 is 0. The number of likely N-dealkylation sites (N-methyl/N-ethyl adjacent to an activating group) is 1. The Bertz CT molecular complexity index is 552. The molecule has 0 bridgehead atoms. The van der Waals surface area contributed by atoms with Crippen molar-refractivity contribution in [2.75, 3.05) is 20.3 Å². The van der Waals surface area contributed by atoms with Crippen molar-refractivity contribution >= 4 is 11.9 Å². The molecule has 1 aromatic rings. The van der Waals surface area contributed by atoms with E-state index >= 15 is 0 Å². The molecule has 1 fully saturated rings. The maximum Gasteiger partial charge on any atom is 0.311 e. The SMILES string of the molecule is Cc1nn(C)c(C)c1C(=O)N(C)C1COCC1C(=O)O. The number of carboxylic acid groups (broad SMARTS) is 1. The molecule has 0 spiro atoms. The Hall–Kier alpha value is -1.89. The second-order valence-corrected chi connectivity index (χ2v) is 5.14. The lowest BCUT2D eigenvalue weighted by atomic mass is 10.0. The lowest BCUT2D eigenvalue weighted by Gasteiger charge is -2.26. The Kier molecular flexibility index (Phi) is 3.80. The quantitative estimate of drug-likeness (QED) is 0.856. The van der Waals surface area contributed by atoms with Gasteiger partial charge < -0.3 is 14.7 Å². The predicted octanol–water partition coefficient (Wildman–Crippen LogP) is 0.209. The van der Waals surface area contributed by atoms with Crippen LogP contribution >= 0.6 is 0 Å². The van der Waals surface area contributed by atoms with Crippen LogP contribution in [-0.4, -0.2) is 58.0 Å². The number of rotatable bonds is 3. The summed E-state index contributed by atoms with van der Waals surface area (Å²) in [5.41, 5.74) is 1.95. The molecule has 1 N–H and O–H groups in total. The van der Waals surface area contributed by atoms with Crippen molar-refractivity contribution in [1.29, 1.82) is 0 Å². The number of ether oxygens (including phenoxy) is 1. The van der Waals surface area contributed by atoms with E-state index in [9.17, 15) is 9.59 Å². The van der Waals surface area contributed by atoms with Gasteiger partial charge in [0.05, 0.1) is 30.5 Å². The van der Waals surface area contributed by atoms with Gasteiger partial charge in [-0.2, -0.15) is 5.10 Å². The van der Waals surface area contributed by atoms with E-state index in [1.165, 1.54) is 4.90 Å². The van der Waals surface area contributed by atoms with E-state index in [2.05, 4.69) is 5.10 Å². The van der Waals surface area contributed by atoms with Crippen molar-refractivity contribution in [3.63, 3.8) is 0 Å². The highest BCUT2D eigenvalue weighted by Gasteiger charge is 2.39. The van der Waals surface area contributed by atoms with Crippen LogP contribution in [0.1, 0.15) is 21.7 Å². The lowest BCUT2D eigenvalue weighted by molar-refractivity contribution is -0.142. The van der Waals surface area contributed by atoms with Crippen molar-refractivity contribution in [2.45, 2.75) is 19.9 Å². The normalized spacial score (nSPS) is 22.0. The first-order valence-electron chi connectivity index (χ1n) is 6.42. The van der Waals surface area contributed by atoms with Crippen LogP contribution in [0.5, 0.6) is 0 Å². The van der Waals surface area contributed by atoms with Gasteiger partial charge in [0.15, 0.2) is 0 Å². The van der Waals surface area contributed by atoms with E-state index in [0.717, 1.165) is 5.69 Å². The molecule has 1 saturated heterocycles. The van der Waals surface area contributed by atoms with Gasteiger partial charge >= 0.3 is 5.97 Å². The molecule has 2 unspecified atom stereocenters. The molecule has 0 aliphatic carbocycles. The molecule has 2 rings (SSSR count). The van der Waals surface area contributed by atoms with Gasteiger partial charge in [-0.05, 0) is 13.8 Å². The first-order chi connectivity index (χ1) is 9.34. The van der Waals surface area contributed by atoms with Crippen molar-refractivity contribution in [1.82, 2.24) is 14.7 Å². The number of aliphatic carboxylic acids is 1. The van der Waals surface area contributed by atoms with E-state index < -0.39 is 17.9 Å². The van der Waals surface area contributed by atoms with Gasteiger partial charge in [-0.25, -0.2) is 0 Å². The topological polar surface area (TPSA) is 84.7 Å². The molecule has 0 aromatic carbocycles. The first kappa shape index (κ1) is 14.5. The molecule has 1 aromatic heterocycles. The number of amides is 1. The zero-order valence-corrected chi connectivity index (χ0v) is 12.1. The van der Waals surface area contributed by atoms with Crippen molar-refractivity contribution < 1.29 is 19.4 Å². The molecule has 7 heteroatoms. The molecular weight excluding hydrogens is 262 g/mol. The van der Waals surface area contributed by atoms with E-state index in [1.807, 2.05) is 6.92 Å². The summed E-state index contributed by atoms with van der Waals surface area (Å²) < 4.78 is 6.86. The van der Waals surface area contributed by atoms with Crippen LogP contribution in [0.2, 0.25) is 0 Å². The van der Waals surface area contributed by atoms with E-state index in [4.69, 9.17) is 9.84 Å². The molecule has 1 aliphatic rings. The van der Waals surface area contributed by atoms with E-state index in [-0.39, 0.29) is 19.1 Å². The average molecular weight is 281 g/mol. The summed E-state index contributed by atoms with van der Waals surface area (Å²) in [5, 5.41) is 13.4. The molecule has 7 nitrogen and oxygen atoms in total. The molecule has 110 valence electrons. The number of hydrogen-bond acceptors (Lipinski definition) is 4. The highest BCUT2D eigenvalue weighted by molar-refractivity contribution is 5.96. The van der Waals surface area contributed by atoms with Crippen molar-refractivity contribution in [3.8, 4) is 0 Å². The molecule has 2 atom stereocenters. The summed E-state index contributed by atoms with van der Waals surface area (Å²) in [6.45, 7) is 3.98. The summed E-state index contributed by atoms with van der Waals surface area (Å²) in [6, 6.07) is -0.445. The molecule has 0 radical (unpaired) electrons. The van der Waals surface area contributed by atoms with Gasteiger partial charge in [0.1, 0.15) is 5.92 Å². The van der Waals surface area contributed by atoms with Crippen molar-refractivity contribution in [2.24, 2.45) is 13.0 Å². The molecule has 2 heterocycles. The fraction of sp³-hybridized carbons (Fsp3) is 0.615. The van der Waals surface area contributed by atoms with Crippen LogP contribution in [0, 0.1) is 19.8 Å². The van der Waals surface area contributed by atoms with Gasteiger partial charge in [0, 0.05) is 19.8 Å². The zero-order chi connectivity index (χ0) is 15.0. The lowest BCUT2D eigenvalue weighted by Crippen LogP contribution is -2.44. The number of aromatic nitrogens is 2. The Labute approximate surface area is 117 Å². The van der Waals surface area contributed by atoms with Gasteiger partial charge in [0.2, 0.25) is 0 Å². The number of nitrogens with zero attached hydrogens (tertiary/aromatic N) is 3. The van der Waals surface area contributed by atoms with Crippen LogP contribution < -0.4 is 0 Å². The standard InChI is InChI=1S/C13H19N3O4/c1-7-11(8(2)16(4)14-7)12(17)15(3)10-6-20-5-9(10)13(18)19/h9-10H,5-6H2,1-4H3,(H,18,19). The average Bonchev–Trinajstić information content (AvgIpc) is 2.94. The summed E-state index contributed by atoms with van der Waals surface area (Å²) in [5.74, 6) is -1.83. The number of hydrogen-bond donors (Lipinski definition) is 1. The summed E-state index contributed by atoms with van der Waals surface area (Å²) in [7, 11) is 3.39. The molecule has 1 amide bonds. The molecule has 1 aliphatic heterocycles. The minimum absolute atomic E-state index is 0.141. The number of carbonyl (C=O) groups excluding carboxylic acids is 1. The third-order valence-electron chi connectivity index (χ3n) is 3.91. The molecule has 0 saturated carbocycles. The maximum atomic E-state index is 12.6. The Morgan fingerprint density at radius 1 is 1.40 bits per heavy atom. The van der Waals surface area contributed by atoms with E-state index in [0.29, 0.717) is 11.3 Å². The van der Waals surface area contributed by atoms with Gasteiger partial charge in [-0.1, -0.05) is 0 Å². The Morgan fingerprint density at radius 3 is 2.55 bits per heavy atom. The first-order valence-corrected chi connectivity index (χ1v) is 6.42. The maximum absolute atomic E-state index is 12.6. The Morgan fingerprint density at radius 2 is 2.05 bits per heavy atom. The Balaban J connectivity index is 2.27. The minimum atomic E-state index is -0.938. The highest BCUT2D eigenvalue weighted by Crippen LogP contribution is 2.22. The van der Waals surface area contributed by atoms with Crippen molar-refractivity contribution in [3.05, 3.63) is 17.0 Å². The van der Waals surface area contributed by atoms with Gasteiger partial charge in [0.25, 0.3) is 5.91 Å². The third kappa shape index (κ3) is 2.29. The minimum Gasteiger partial charge on any atom is -0.481 e. The fourth-order valence-corrected chi connectivity index (χ4v) is 2.57. The second-order valence-electron chi connectivity index (χ2n) is 5.14. The van der Waals surface area contributed by atoms with Gasteiger partial charge in [-0.15, -0.1) is 0 Å². The van der Waals surface area contributed by atoms with Crippen LogP contribution in [0.25, 0.3) is 0 Å². The summed E-state index contributed by atoms with van der Waals surface area (Å²) in [4.78, 5) is 25.2. The third-order valence-corrected chi connectivity index (χ3v) is 3.91. The van der Waals surface area contributed by atoms with Crippen LogP contribution in [0.4, 0.5) is 0 Å². The number of carboxylic acids is 1. The monoisotopic (exact) mass is 281 g/mol. The number of carbonyl (C=O) groups is 2. The molecular formula is C13H19N3O4. The predicted molar refractivity (Wildman–Crippen MR) is 70.5 cm³/mol. The fourth-order valence-electron chi connectivity index (χ4n) is 2.57. The largest absolute Gasteiger partial charge is 0.481 e. The zero-order valence-electron chi connectivity index (χ0n) is 12.1.